The van der Waals surface area contributed by atoms with Gasteiger partial charge in [-0.2, -0.15) is 0 Å². The molecule has 0 saturated carbocycles. The number of ether oxygens (including phenoxy) is 1. The second-order valence-electron chi connectivity index (χ2n) is 7.04. The lowest BCUT2D eigenvalue weighted by atomic mass is 10.1. The molecule has 1 aromatic carbocycles. The van der Waals surface area contributed by atoms with Crippen LogP contribution in [0.25, 0.3) is 0 Å². The summed E-state index contributed by atoms with van der Waals surface area (Å²) in [4.78, 5) is 11.2. The number of hydrogen-bond donors (Lipinski definition) is 2. The van der Waals surface area contributed by atoms with Crippen molar-refractivity contribution < 1.29 is 4.74 Å². The minimum Gasteiger partial charge on any atom is -0.478 e. The Hall–Kier alpha value is -2.76. The van der Waals surface area contributed by atoms with E-state index in [1.54, 1.807) is 0 Å². The van der Waals surface area contributed by atoms with Gasteiger partial charge in [-0.3, -0.25) is 4.99 Å². The van der Waals surface area contributed by atoms with Gasteiger partial charge in [0.2, 0.25) is 5.88 Å². The molecule has 1 fully saturated rings. The molecule has 2 heterocycles. The molecule has 0 aliphatic carbocycles. The third kappa shape index (κ3) is 5.87. The van der Waals surface area contributed by atoms with E-state index in [1.807, 2.05) is 25.4 Å². The second kappa shape index (κ2) is 10.5. The van der Waals surface area contributed by atoms with Gasteiger partial charge >= 0.3 is 0 Å². The van der Waals surface area contributed by atoms with Crippen molar-refractivity contribution in [3.8, 4) is 5.88 Å². The molecule has 1 aliphatic rings. The van der Waals surface area contributed by atoms with Crippen LogP contribution in [0.15, 0.2) is 53.7 Å². The van der Waals surface area contributed by atoms with Gasteiger partial charge in [-0.15, -0.1) is 0 Å². The van der Waals surface area contributed by atoms with Crippen molar-refractivity contribution in [1.29, 1.82) is 0 Å². The van der Waals surface area contributed by atoms with Crippen LogP contribution >= 0.6 is 0 Å². The molecular formula is C22H31N5O. The highest BCUT2D eigenvalue weighted by Gasteiger charge is 2.20. The molecule has 150 valence electrons. The highest BCUT2D eigenvalue weighted by Crippen LogP contribution is 2.19. The van der Waals surface area contributed by atoms with Gasteiger partial charge in [0.25, 0.3) is 0 Å². The first-order valence-corrected chi connectivity index (χ1v) is 10.1. The van der Waals surface area contributed by atoms with Crippen molar-refractivity contribution in [1.82, 2.24) is 15.6 Å². The topological polar surface area (TPSA) is 61.8 Å². The lowest BCUT2D eigenvalue weighted by Gasteiger charge is -2.35. The number of guanidine groups is 1. The van der Waals surface area contributed by atoms with Crippen LogP contribution in [0.3, 0.4) is 0 Å². The van der Waals surface area contributed by atoms with Gasteiger partial charge in [-0.25, -0.2) is 4.98 Å². The summed E-state index contributed by atoms with van der Waals surface area (Å²) >= 11 is 0. The Labute approximate surface area is 168 Å². The first-order chi connectivity index (χ1) is 13.8. The molecule has 3 rings (SSSR count). The van der Waals surface area contributed by atoms with Crippen LogP contribution in [0.5, 0.6) is 5.88 Å². The molecule has 2 aromatic rings. The average molecular weight is 382 g/mol. The Bertz CT molecular complexity index is 732. The summed E-state index contributed by atoms with van der Waals surface area (Å²) in [5, 5.41) is 6.96. The van der Waals surface area contributed by atoms with Crippen LogP contribution in [0.1, 0.15) is 31.7 Å². The predicted molar refractivity (Wildman–Crippen MR) is 115 cm³/mol. The van der Waals surface area contributed by atoms with E-state index in [0.29, 0.717) is 25.1 Å². The summed E-state index contributed by atoms with van der Waals surface area (Å²) in [6.45, 7) is 5.54. The fraction of sp³-hybridized carbons (Fsp3) is 0.455. The molecular weight excluding hydrogens is 350 g/mol. The van der Waals surface area contributed by atoms with Gasteiger partial charge in [0.1, 0.15) is 0 Å². The van der Waals surface area contributed by atoms with E-state index in [-0.39, 0.29) is 0 Å². The average Bonchev–Trinajstić information content (AvgIpc) is 2.76. The minimum absolute atomic E-state index is 0.378. The predicted octanol–water partition coefficient (Wildman–Crippen LogP) is 3.20. The van der Waals surface area contributed by atoms with Crippen molar-refractivity contribution in [2.75, 3.05) is 31.6 Å². The van der Waals surface area contributed by atoms with Gasteiger partial charge in [0.05, 0.1) is 6.61 Å². The molecule has 0 radical (unpaired) electrons. The van der Waals surface area contributed by atoms with Crippen molar-refractivity contribution in [2.24, 2.45) is 4.99 Å². The summed E-state index contributed by atoms with van der Waals surface area (Å²) < 4.78 is 5.53. The highest BCUT2D eigenvalue weighted by molar-refractivity contribution is 5.80. The fourth-order valence-corrected chi connectivity index (χ4v) is 3.35. The number of para-hydroxylation sites is 1. The first kappa shape index (κ1) is 20.0. The van der Waals surface area contributed by atoms with Crippen molar-refractivity contribution in [3.63, 3.8) is 0 Å². The molecule has 6 heteroatoms. The number of benzene rings is 1. The number of piperidine rings is 1. The van der Waals surface area contributed by atoms with Crippen molar-refractivity contribution in [2.45, 2.75) is 38.8 Å². The van der Waals surface area contributed by atoms with Crippen LogP contribution in [-0.2, 0) is 6.54 Å². The van der Waals surface area contributed by atoms with Crippen LogP contribution in [0.4, 0.5) is 5.69 Å². The second-order valence-corrected chi connectivity index (χ2v) is 7.04. The summed E-state index contributed by atoms with van der Waals surface area (Å²) in [5.41, 5.74) is 2.38. The van der Waals surface area contributed by atoms with Crippen molar-refractivity contribution in [3.05, 3.63) is 54.2 Å². The van der Waals surface area contributed by atoms with E-state index < -0.39 is 0 Å². The van der Waals surface area contributed by atoms with Gasteiger partial charge in [0.15, 0.2) is 5.96 Å². The minimum atomic E-state index is 0.378. The maximum atomic E-state index is 5.53. The van der Waals surface area contributed by atoms with Gasteiger partial charge in [0, 0.05) is 50.7 Å². The number of rotatable bonds is 7. The monoisotopic (exact) mass is 381 g/mol. The number of nitrogens with one attached hydrogen (secondary N) is 2. The zero-order chi connectivity index (χ0) is 19.6. The van der Waals surface area contributed by atoms with Gasteiger partial charge in [-0.1, -0.05) is 31.2 Å². The Morgan fingerprint density at radius 3 is 2.82 bits per heavy atom. The number of pyridine rings is 1. The summed E-state index contributed by atoms with van der Waals surface area (Å²) in [7, 11) is 1.81. The standard InChI is InChI=1S/C22H31N5O/c1-3-14-28-21-12-11-18(15-24-21)16-25-22(23-2)26-19-8-7-13-27(17-19)20-9-5-4-6-10-20/h4-6,9-12,15,19H,3,7-8,13-14,16-17H2,1-2H3,(H2,23,25,26). The number of anilines is 1. The molecule has 28 heavy (non-hydrogen) atoms. The zero-order valence-corrected chi connectivity index (χ0v) is 16.9. The van der Waals surface area contributed by atoms with E-state index in [9.17, 15) is 0 Å². The molecule has 1 aliphatic heterocycles. The molecule has 0 spiro atoms. The van der Waals surface area contributed by atoms with Gasteiger partial charge < -0.3 is 20.3 Å². The third-order valence-corrected chi connectivity index (χ3v) is 4.82. The van der Waals surface area contributed by atoms with Crippen LogP contribution < -0.4 is 20.3 Å². The maximum Gasteiger partial charge on any atom is 0.213 e. The molecule has 1 unspecified atom stereocenters. The lowest BCUT2D eigenvalue weighted by Crippen LogP contribution is -2.51. The smallest absolute Gasteiger partial charge is 0.213 e. The molecule has 0 bridgehead atoms. The summed E-state index contributed by atoms with van der Waals surface area (Å²) in [5.74, 6) is 1.50. The van der Waals surface area contributed by atoms with E-state index in [0.717, 1.165) is 37.5 Å². The Balaban J connectivity index is 1.49. The van der Waals surface area contributed by atoms with Gasteiger partial charge in [-0.05, 0) is 37.0 Å². The molecule has 1 atom stereocenters. The molecule has 1 aromatic heterocycles. The molecule has 0 amide bonds. The summed E-state index contributed by atoms with van der Waals surface area (Å²) in [6.07, 6.45) is 5.15. The fourth-order valence-electron chi connectivity index (χ4n) is 3.35. The highest BCUT2D eigenvalue weighted by atomic mass is 16.5. The largest absolute Gasteiger partial charge is 0.478 e. The molecule has 1 saturated heterocycles. The van der Waals surface area contributed by atoms with E-state index in [2.05, 4.69) is 62.8 Å². The number of aliphatic imine (C=N–C) groups is 1. The number of aromatic nitrogens is 1. The quantitative estimate of drug-likeness (QED) is 0.570. The Kier molecular flexibility index (Phi) is 7.53. The third-order valence-electron chi connectivity index (χ3n) is 4.82. The number of nitrogens with zero attached hydrogens (tertiary/aromatic N) is 3. The Morgan fingerprint density at radius 1 is 1.25 bits per heavy atom. The maximum absolute atomic E-state index is 5.53. The summed E-state index contributed by atoms with van der Waals surface area (Å²) in [6, 6.07) is 14.9. The van der Waals surface area contributed by atoms with E-state index in [4.69, 9.17) is 4.74 Å². The van der Waals surface area contributed by atoms with Crippen LogP contribution in [-0.4, -0.2) is 43.7 Å². The number of hydrogen-bond acceptors (Lipinski definition) is 4. The van der Waals surface area contributed by atoms with Crippen LogP contribution in [0, 0.1) is 0 Å². The SMILES string of the molecule is CCCOc1ccc(CNC(=NC)NC2CCCN(c3ccccc3)C2)cn1. The van der Waals surface area contributed by atoms with E-state index in [1.165, 1.54) is 12.1 Å². The van der Waals surface area contributed by atoms with E-state index >= 15 is 0 Å². The zero-order valence-electron chi connectivity index (χ0n) is 16.9. The normalized spacial score (nSPS) is 17.3. The molecule has 6 nitrogen and oxygen atoms in total. The lowest BCUT2D eigenvalue weighted by molar-refractivity contribution is 0.305. The van der Waals surface area contributed by atoms with Crippen molar-refractivity contribution >= 4 is 11.6 Å². The van der Waals surface area contributed by atoms with Crippen LogP contribution in [0.2, 0.25) is 0 Å². The Morgan fingerprint density at radius 2 is 2.11 bits per heavy atom. The first-order valence-electron chi connectivity index (χ1n) is 10.1. The molecule has 2 N–H and O–H groups in total.